The normalized spacial score (nSPS) is 12.1. The number of hydrogen-bond donors (Lipinski definition) is 2. The van der Waals surface area contributed by atoms with Crippen LogP contribution >= 0.6 is 0 Å². The van der Waals surface area contributed by atoms with Crippen molar-refractivity contribution in [2.45, 2.75) is 13.0 Å². The summed E-state index contributed by atoms with van der Waals surface area (Å²) in [7, 11) is 0. The highest BCUT2D eigenvalue weighted by atomic mass is 16.5. The zero-order valence-corrected chi connectivity index (χ0v) is 9.25. The maximum Gasteiger partial charge on any atom is 0.344 e. The number of carbonyl (C=O) groups is 1. The van der Waals surface area contributed by atoms with Gasteiger partial charge in [0.15, 0.2) is 6.10 Å². The zero-order chi connectivity index (χ0) is 12.3. The summed E-state index contributed by atoms with van der Waals surface area (Å²) >= 11 is 0. The van der Waals surface area contributed by atoms with Gasteiger partial charge in [0.05, 0.1) is 6.20 Å². The standard InChI is InChI=1S/C12H12N2O3/c1-8(12(15)16)17-11-5-3-2-4-10(11)9-6-13-14-7-9/h2-8H,1H3,(H,13,14)(H,15,16)/t8-/m1/s1. The van der Waals surface area contributed by atoms with E-state index in [1.807, 2.05) is 12.1 Å². The van der Waals surface area contributed by atoms with Crippen LogP contribution in [-0.2, 0) is 4.79 Å². The molecule has 0 saturated heterocycles. The van der Waals surface area contributed by atoms with Gasteiger partial charge in [-0.1, -0.05) is 18.2 Å². The Hall–Kier alpha value is -2.30. The molecule has 5 heteroatoms. The number of hydrogen-bond acceptors (Lipinski definition) is 3. The number of aromatic amines is 1. The van der Waals surface area contributed by atoms with Gasteiger partial charge in [-0.05, 0) is 13.0 Å². The topological polar surface area (TPSA) is 75.2 Å². The molecular formula is C12H12N2O3. The van der Waals surface area contributed by atoms with E-state index in [9.17, 15) is 4.79 Å². The second kappa shape index (κ2) is 4.69. The predicted octanol–water partition coefficient (Wildman–Crippen LogP) is 1.93. The number of aliphatic carboxylic acids is 1. The maximum atomic E-state index is 10.8. The Balaban J connectivity index is 2.32. The lowest BCUT2D eigenvalue weighted by molar-refractivity contribution is -0.144. The average molecular weight is 232 g/mol. The van der Waals surface area contributed by atoms with Gasteiger partial charge in [-0.15, -0.1) is 0 Å². The van der Waals surface area contributed by atoms with E-state index < -0.39 is 12.1 Å². The Labute approximate surface area is 98.0 Å². The van der Waals surface area contributed by atoms with Crippen molar-refractivity contribution in [2.75, 3.05) is 0 Å². The smallest absolute Gasteiger partial charge is 0.344 e. The molecule has 0 unspecified atom stereocenters. The molecule has 2 N–H and O–H groups in total. The fraction of sp³-hybridized carbons (Fsp3) is 0.167. The SMILES string of the molecule is C[C@@H](Oc1ccccc1-c1cn[nH]c1)C(=O)O. The summed E-state index contributed by atoms with van der Waals surface area (Å²) in [4.78, 5) is 10.8. The first-order valence-electron chi connectivity index (χ1n) is 5.16. The van der Waals surface area contributed by atoms with Crippen molar-refractivity contribution in [3.05, 3.63) is 36.7 Å². The maximum absolute atomic E-state index is 10.8. The third-order valence-corrected chi connectivity index (χ3v) is 2.35. The van der Waals surface area contributed by atoms with Crippen LogP contribution in [0.5, 0.6) is 5.75 Å². The summed E-state index contributed by atoms with van der Waals surface area (Å²) in [5, 5.41) is 15.4. The molecule has 1 atom stereocenters. The Morgan fingerprint density at radius 3 is 2.88 bits per heavy atom. The highest BCUT2D eigenvalue weighted by Gasteiger charge is 2.15. The molecular weight excluding hydrogens is 220 g/mol. The zero-order valence-electron chi connectivity index (χ0n) is 9.25. The summed E-state index contributed by atoms with van der Waals surface area (Å²) in [5.74, 6) is -0.462. The van der Waals surface area contributed by atoms with Crippen molar-refractivity contribution >= 4 is 5.97 Å². The Kier molecular flexibility index (Phi) is 3.09. The van der Waals surface area contributed by atoms with Crippen molar-refractivity contribution in [2.24, 2.45) is 0 Å². The van der Waals surface area contributed by atoms with E-state index in [1.165, 1.54) is 6.92 Å². The second-order valence-corrected chi connectivity index (χ2v) is 3.58. The van der Waals surface area contributed by atoms with Crippen LogP contribution < -0.4 is 4.74 Å². The fourth-order valence-corrected chi connectivity index (χ4v) is 1.45. The van der Waals surface area contributed by atoms with Crippen LogP contribution in [-0.4, -0.2) is 27.4 Å². The van der Waals surface area contributed by atoms with Crippen LogP contribution in [0.25, 0.3) is 11.1 Å². The van der Waals surface area contributed by atoms with Crippen LogP contribution in [0.3, 0.4) is 0 Å². The number of para-hydroxylation sites is 1. The van der Waals surface area contributed by atoms with Crippen LogP contribution in [0.1, 0.15) is 6.92 Å². The molecule has 0 aliphatic carbocycles. The Morgan fingerprint density at radius 1 is 1.47 bits per heavy atom. The van der Waals surface area contributed by atoms with Gasteiger partial charge in [0.1, 0.15) is 5.75 Å². The van der Waals surface area contributed by atoms with Gasteiger partial charge in [-0.3, -0.25) is 5.10 Å². The molecule has 0 amide bonds. The molecule has 0 saturated carbocycles. The van der Waals surface area contributed by atoms with Gasteiger partial charge in [0.2, 0.25) is 0 Å². The Bertz CT molecular complexity index is 508. The molecule has 2 aromatic rings. The first-order valence-corrected chi connectivity index (χ1v) is 5.16. The highest BCUT2D eigenvalue weighted by molar-refractivity contribution is 5.74. The lowest BCUT2D eigenvalue weighted by Gasteiger charge is -2.13. The molecule has 88 valence electrons. The lowest BCUT2D eigenvalue weighted by Crippen LogP contribution is -2.23. The molecule has 5 nitrogen and oxygen atoms in total. The summed E-state index contributed by atoms with van der Waals surface area (Å²) in [6.45, 7) is 1.49. The molecule has 0 bridgehead atoms. The third kappa shape index (κ3) is 2.44. The van der Waals surface area contributed by atoms with Crippen LogP contribution in [0.2, 0.25) is 0 Å². The number of aromatic nitrogens is 2. The van der Waals surface area contributed by atoms with Gasteiger partial charge in [-0.25, -0.2) is 4.79 Å². The van der Waals surface area contributed by atoms with Crippen LogP contribution in [0, 0.1) is 0 Å². The number of ether oxygens (including phenoxy) is 1. The van der Waals surface area contributed by atoms with E-state index >= 15 is 0 Å². The quantitative estimate of drug-likeness (QED) is 0.844. The number of carboxylic acids is 1. The van der Waals surface area contributed by atoms with E-state index in [4.69, 9.17) is 9.84 Å². The van der Waals surface area contributed by atoms with Gasteiger partial charge in [0, 0.05) is 17.3 Å². The van der Waals surface area contributed by atoms with E-state index in [2.05, 4.69) is 10.2 Å². The average Bonchev–Trinajstić information content (AvgIpc) is 2.83. The monoisotopic (exact) mass is 232 g/mol. The van der Waals surface area contributed by atoms with Gasteiger partial charge < -0.3 is 9.84 Å². The van der Waals surface area contributed by atoms with Crippen molar-refractivity contribution in [3.8, 4) is 16.9 Å². The number of carboxylic acid groups (broad SMARTS) is 1. The third-order valence-electron chi connectivity index (χ3n) is 2.35. The summed E-state index contributed by atoms with van der Waals surface area (Å²) in [5.41, 5.74) is 1.67. The molecule has 1 aromatic carbocycles. The molecule has 0 aliphatic rings. The molecule has 0 aliphatic heterocycles. The predicted molar refractivity (Wildman–Crippen MR) is 61.7 cm³/mol. The van der Waals surface area contributed by atoms with Gasteiger partial charge in [-0.2, -0.15) is 5.10 Å². The molecule has 1 heterocycles. The number of nitrogens with zero attached hydrogens (tertiary/aromatic N) is 1. The van der Waals surface area contributed by atoms with Gasteiger partial charge >= 0.3 is 5.97 Å². The van der Waals surface area contributed by atoms with E-state index in [1.54, 1.807) is 24.5 Å². The molecule has 0 fully saturated rings. The van der Waals surface area contributed by atoms with Gasteiger partial charge in [0.25, 0.3) is 0 Å². The lowest BCUT2D eigenvalue weighted by atomic mass is 10.1. The van der Waals surface area contributed by atoms with E-state index in [0.717, 1.165) is 11.1 Å². The summed E-state index contributed by atoms with van der Waals surface area (Å²) in [6.07, 6.45) is 2.50. The highest BCUT2D eigenvalue weighted by Crippen LogP contribution is 2.29. The second-order valence-electron chi connectivity index (χ2n) is 3.58. The minimum Gasteiger partial charge on any atom is -0.479 e. The van der Waals surface area contributed by atoms with E-state index in [0.29, 0.717) is 5.75 Å². The molecule has 0 radical (unpaired) electrons. The Morgan fingerprint density at radius 2 is 2.24 bits per heavy atom. The van der Waals surface area contributed by atoms with Crippen LogP contribution in [0.4, 0.5) is 0 Å². The summed E-state index contributed by atoms with van der Waals surface area (Å²) < 4.78 is 5.39. The minimum atomic E-state index is -0.994. The molecule has 1 aromatic heterocycles. The summed E-state index contributed by atoms with van der Waals surface area (Å²) in [6, 6.07) is 7.25. The number of benzene rings is 1. The first kappa shape index (κ1) is 11.2. The van der Waals surface area contributed by atoms with Crippen molar-refractivity contribution in [1.82, 2.24) is 10.2 Å². The minimum absolute atomic E-state index is 0.531. The largest absolute Gasteiger partial charge is 0.479 e. The molecule has 0 spiro atoms. The molecule has 2 rings (SSSR count). The van der Waals surface area contributed by atoms with E-state index in [-0.39, 0.29) is 0 Å². The number of H-pyrrole nitrogens is 1. The number of nitrogens with one attached hydrogen (secondary N) is 1. The van der Waals surface area contributed by atoms with Crippen molar-refractivity contribution < 1.29 is 14.6 Å². The van der Waals surface area contributed by atoms with Crippen LogP contribution in [0.15, 0.2) is 36.7 Å². The number of rotatable bonds is 4. The van der Waals surface area contributed by atoms with Crippen molar-refractivity contribution in [3.63, 3.8) is 0 Å². The molecule has 17 heavy (non-hydrogen) atoms. The first-order chi connectivity index (χ1) is 8.18. The van der Waals surface area contributed by atoms with Crippen molar-refractivity contribution in [1.29, 1.82) is 0 Å². The fourth-order valence-electron chi connectivity index (χ4n) is 1.45.